The largest absolute Gasteiger partial charge is 0.368 e. The molecule has 0 aliphatic carbocycles. The number of aryl methyl sites for hydroxylation is 1. The number of amides is 1. The summed E-state index contributed by atoms with van der Waals surface area (Å²) in [6.07, 6.45) is 3.11. The van der Waals surface area contributed by atoms with Gasteiger partial charge in [-0.15, -0.1) is 0 Å². The first kappa shape index (κ1) is 12.0. The topological polar surface area (TPSA) is 46.3 Å². The summed E-state index contributed by atoms with van der Waals surface area (Å²) in [5.74, 6) is -0.203. The third-order valence-corrected chi connectivity index (χ3v) is 3.72. The van der Waals surface area contributed by atoms with Crippen LogP contribution in [0.4, 0.5) is 5.69 Å². The molecular weight excluding hydrogens is 212 g/mol. The molecule has 92 valence electrons. The number of nitrogens with zero attached hydrogens (tertiary/aromatic N) is 1. The van der Waals surface area contributed by atoms with Gasteiger partial charge in [0, 0.05) is 12.2 Å². The highest BCUT2D eigenvalue weighted by Gasteiger charge is 2.27. The van der Waals surface area contributed by atoms with Gasteiger partial charge in [-0.3, -0.25) is 4.79 Å². The molecule has 1 heterocycles. The van der Waals surface area contributed by atoms with E-state index in [4.69, 9.17) is 5.73 Å². The number of rotatable bonds is 2. The van der Waals surface area contributed by atoms with Gasteiger partial charge in [-0.1, -0.05) is 12.1 Å². The number of hydrogen-bond donors (Lipinski definition) is 1. The Bertz CT molecular complexity index is 428. The molecule has 1 amide bonds. The Balaban J connectivity index is 2.36. The summed E-state index contributed by atoms with van der Waals surface area (Å²) in [6, 6.07) is 6.10. The summed E-state index contributed by atoms with van der Waals surface area (Å²) < 4.78 is 0. The van der Waals surface area contributed by atoms with Crippen LogP contribution in [0, 0.1) is 13.8 Å². The summed E-state index contributed by atoms with van der Waals surface area (Å²) in [4.78, 5) is 13.7. The molecule has 0 saturated carbocycles. The third kappa shape index (κ3) is 2.28. The van der Waals surface area contributed by atoms with Crippen LogP contribution in [0.25, 0.3) is 0 Å². The van der Waals surface area contributed by atoms with Crippen LogP contribution < -0.4 is 10.6 Å². The van der Waals surface area contributed by atoms with Crippen molar-refractivity contribution in [2.45, 2.75) is 39.2 Å². The highest BCUT2D eigenvalue weighted by atomic mass is 16.1. The molecule has 3 nitrogen and oxygen atoms in total. The Morgan fingerprint density at radius 1 is 1.35 bits per heavy atom. The van der Waals surface area contributed by atoms with Gasteiger partial charge >= 0.3 is 0 Å². The van der Waals surface area contributed by atoms with Crippen LogP contribution in [0.2, 0.25) is 0 Å². The number of carbonyl (C=O) groups is 1. The SMILES string of the molecule is Cc1cccc(N2CCCCC2C(N)=O)c1C. The number of hydrogen-bond acceptors (Lipinski definition) is 2. The number of piperidine rings is 1. The van der Waals surface area contributed by atoms with Crippen LogP contribution in [0.15, 0.2) is 18.2 Å². The lowest BCUT2D eigenvalue weighted by molar-refractivity contribution is -0.119. The zero-order valence-electron chi connectivity index (χ0n) is 10.6. The van der Waals surface area contributed by atoms with Crippen molar-refractivity contribution < 1.29 is 4.79 Å². The highest BCUT2D eigenvalue weighted by Crippen LogP contribution is 2.29. The Morgan fingerprint density at radius 3 is 2.82 bits per heavy atom. The van der Waals surface area contributed by atoms with Crippen molar-refractivity contribution in [3.05, 3.63) is 29.3 Å². The summed E-state index contributed by atoms with van der Waals surface area (Å²) in [7, 11) is 0. The average Bonchev–Trinajstić information content (AvgIpc) is 2.33. The lowest BCUT2D eigenvalue weighted by Crippen LogP contribution is -2.48. The maximum Gasteiger partial charge on any atom is 0.240 e. The van der Waals surface area contributed by atoms with Crippen LogP contribution >= 0.6 is 0 Å². The molecule has 1 aliphatic heterocycles. The number of anilines is 1. The van der Waals surface area contributed by atoms with Gasteiger partial charge in [0.1, 0.15) is 6.04 Å². The van der Waals surface area contributed by atoms with Gasteiger partial charge in [-0.2, -0.15) is 0 Å². The fourth-order valence-electron chi connectivity index (χ4n) is 2.56. The smallest absolute Gasteiger partial charge is 0.240 e. The van der Waals surface area contributed by atoms with Crippen molar-refractivity contribution in [3.63, 3.8) is 0 Å². The third-order valence-electron chi connectivity index (χ3n) is 3.72. The van der Waals surface area contributed by atoms with E-state index in [1.807, 2.05) is 6.07 Å². The van der Waals surface area contributed by atoms with E-state index in [0.29, 0.717) is 0 Å². The van der Waals surface area contributed by atoms with E-state index in [-0.39, 0.29) is 11.9 Å². The van der Waals surface area contributed by atoms with Gasteiger partial charge in [-0.25, -0.2) is 0 Å². The van der Waals surface area contributed by atoms with Crippen molar-refractivity contribution in [1.29, 1.82) is 0 Å². The van der Waals surface area contributed by atoms with Gasteiger partial charge in [0.15, 0.2) is 0 Å². The summed E-state index contributed by atoms with van der Waals surface area (Å²) in [5, 5.41) is 0. The number of primary amides is 1. The quantitative estimate of drug-likeness (QED) is 0.849. The summed E-state index contributed by atoms with van der Waals surface area (Å²) in [6.45, 7) is 5.14. The maximum absolute atomic E-state index is 11.5. The van der Waals surface area contributed by atoms with Crippen molar-refractivity contribution >= 4 is 11.6 Å². The first-order valence-corrected chi connectivity index (χ1v) is 6.23. The van der Waals surface area contributed by atoms with Crippen molar-refractivity contribution in [1.82, 2.24) is 0 Å². The molecule has 0 bridgehead atoms. The van der Waals surface area contributed by atoms with Gasteiger partial charge < -0.3 is 10.6 Å². The van der Waals surface area contributed by atoms with Gasteiger partial charge in [0.2, 0.25) is 5.91 Å². The predicted molar refractivity (Wildman–Crippen MR) is 70.1 cm³/mol. The molecule has 1 saturated heterocycles. The van der Waals surface area contributed by atoms with Crippen molar-refractivity contribution in [2.75, 3.05) is 11.4 Å². The van der Waals surface area contributed by atoms with Crippen LogP contribution in [-0.2, 0) is 4.79 Å². The fourth-order valence-corrected chi connectivity index (χ4v) is 2.56. The second-order valence-corrected chi connectivity index (χ2v) is 4.83. The Kier molecular flexibility index (Phi) is 3.36. The molecule has 2 rings (SSSR count). The van der Waals surface area contributed by atoms with E-state index in [1.54, 1.807) is 0 Å². The maximum atomic E-state index is 11.5. The van der Waals surface area contributed by atoms with Crippen LogP contribution in [0.1, 0.15) is 30.4 Å². The van der Waals surface area contributed by atoms with E-state index in [9.17, 15) is 4.79 Å². The lowest BCUT2D eigenvalue weighted by Gasteiger charge is -2.36. The molecule has 1 aromatic carbocycles. The van der Waals surface area contributed by atoms with Crippen molar-refractivity contribution in [2.24, 2.45) is 5.73 Å². The zero-order valence-corrected chi connectivity index (χ0v) is 10.6. The van der Waals surface area contributed by atoms with Crippen LogP contribution in [-0.4, -0.2) is 18.5 Å². The standard InChI is InChI=1S/C14H20N2O/c1-10-6-5-8-12(11(10)2)16-9-4-3-7-13(16)14(15)17/h5-6,8,13H,3-4,7,9H2,1-2H3,(H2,15,17). The molecule has 3 heteroatoms. The van der Waals surface area contributed by atoms with Gasteiger partial charge in [0.05, 0.1) is 0 Å². The molecular formula is C14H20N2O. The normalized spacial score (nSPS) is 20.4. The highest BCUT2D eigenvalue weighted by molar-refractivity contribution is 5.84. The molecule has 1 fully saturated rings. The van der Waals surface area contributed by atoms with Crippen molar-refractivity contribution in [3.8, 4) is 0 Å². The van der Waals surface area contributed by atoms with Gasteiger partial charge in [-0.05, 0) is 50.3 Å². The molecule has 0 spiro atoms. The van der Waals surface area contributed by atoms with E-state index in [0.717, 1.165) is 31.5 Å². The minimum Gasteiger partial charge on any atom is -0.368 e. The first-order chi connectivity index (χ1) is 8.11. The fraction of sp³-hybridized carbons (Fsp3) is 0.500. The molecule has 2 N–H and O–H groups in total. The molecule has 0 radical (unpaired) electrons. The molecule has 0 aromatic heterocycles. The molecule has 1 aromatic rings. The lowest BCUT2D eigenvalue weighted by atomic mass is 9.98. The number of carbonyl (C=O) groups excluding carboxylic acids is 1. The number of benzene rings is 1. The molecule has 1 unspecified atom stereocenters. The second kappa shape index (κ2) is 4.78. The Hall–Kier alpha value is -1.51. The van der Waals surface area contributed by atoms with Gasteiger partial charge in [0.25, 0.3) is 0 Å². The summed E-state index contributed by atoms with van der Waals surface area (Å²) >= 11 is 0. The first-order valence-electron chi connectivity index (χ1n) is 6.23. The van der Waals surface area contributed by atoms with E-state index in [2.05, 4.69) is 30.9 Å². The van der Waals surface area contributed by atoms with Crippen LogP contribution in [0.3, 0.4) is 0 Å². The zero-order chi connectivity index (χ0) is 12.4. The Labute approximate surface area is 103 Å². The number of nitrogens with two attached hydrogens (primary N) is 1. The second-order valence-electron chi connectivity index (χ2n) is 4.83. The summed E-state index contributed by atoms with van der Waals surface area (Å²) in [5.41, 5.74) is 9.17. The monoisotopic (exact) mass is 232 g/mol. The minimum atomic E-state index is -0.203. The minimum absolute atomic E-state index is 0.135. The predicted octanol–water partition coefficient (Wildman–Crippen LogP) is 2.15. The molecule has 17 heavy (non-hydrogen) atoms. The average molecular weight is 232 g/mol. The van der Waals surface area contributed by atoms with E-state index in [1.165, 1.54) is 11.1 Å². The Morgan fingerprint density at radius 2 is 2.12 bits per heavy atom. The van der Waals surface area contributed by atoms with E-state index >= 15 is 0 Å². The van der Waals surface area contributed by atoms with E-state index < -0.39 is 0 Å². The molecule has 1 aliphatic rings. The molecule has 1 atom stereocenters. The van der Waals surface area contributed by atoms with Crippen LogP contribution in [0.5, 0.6) is 0 Å².